The van der Waals surface area contributed by atoms with Crippen molar-refractivity contribution in [1.82, 2.24) is 9.47 Å². The molecule has 0 amide bonds. The van der Waals surface area contributed by atoms with Crippen LogP contribution in [0.4, 0.5) is 4.39 Å². The highest BCUT2D eigenvalue weighted by Gasteiger charge is 2.32. The number of aromatic nitrogens is 1. The fourth-order valence-corrected chi connectivity index (χ4v) is 4.62. The predicted molar refractivity (Wildman–Crippen MR) is 97.8 cm³/mol. The van der Waals surface area contributed by atoms with Crippen LogP contribution in [0.1, 0.15) is 23.5 Å². The molecule has 0 spiro atoms. The highest BCUT2D eigenvalue weighted by molar-refractivity contribution is 5.95. The van der Waals surface area contributed by atoms with Gasteiger partial charge in [0.15, 0.2) is 0 Å². The van der Waals surface area contributed by atoms with E-state index in [2.05, 4.69) is 28.6 Å². The number of methoxy groups -OCH3 is 1. The van der Waals surface area contributed by atoms with Gasteiger partial charge in [0.25, 0.3) is 0 Å². The van der Waals surface area contributed by atoms with Gasteiger partial charge in [-0.2, -0.15) is 0 Å². The number of nitrogens with zero attached hydrogens (tertiary/aromatic N) is 2. The SMILES string of the molecule is COc1ccc2c(c1)c(C1CCN(C)C1)c1n2Cc2cc(F)ccc2-1. The van der Waals surface area contributed by atoms with Gasteiger partial charge >= 0.3 is 0 Å². The Kier molecular flexibility index (Phi) is 3.19. The van der Waals surface area contributed by atoms with Gasteiger partial charge in [-0.25, -0.2) is 4.39 Å². The first-order valence-electron chi connectivity index (χ1n) is 8.83. The fraction of sp³-hybridized carbons (Fsp3) is 0.333. The van der Waals surface area contributed by atoms with Crippen molar-refractivity contribution in [3.8, 4) is 17.0 Å². The van der Waals surface area contributed by atoms with E-state index in [-0.39, 0.29) is 5.82 Å². The van der Waals surface area contributed by atoms with E-state index in [1.54, 1.807) is 19.2 Å². The molecule has 1 fully saturated rings. The monoisotopic (exact) mass is 336 g/mol. The Morgan fingerprint density at radius 3 is 2.80 bits per heavy atom. The van der Waals surface area contributed by atoms with E-state index in [0.29, 0.717) is 5.92 Å². The second-order valence-electron chi connectivity index (χ2n) is 7.28. The van der Waals surface area contributed by atoms with Crippen LogP contribution in [0.2, 0.25) is 0 Å². The first-order valence-corrected chi connectivity index (χ1v) is 8.83. The predicted octanol–water partition coefficient (Wildman–Crippen LogP) is 4.24. The van der Waals surface area contributed by atoms with Crippen LogP contribution in [-0.4, -0.2) is 36.7 Å². The molecule has 2 aliphatic heterocycles. The maximum atomic E-state index is 13.7. The molecular formula is C21H21FN2O. The van der Waals surface area contributed by atoms with Crippen molar-refractivity contribution in [2.24, 2.45) is 0 Å². The quantitative estimate of drug-likeness (QED) is 0.545. The van der Waals surface area contributed by atoms with Crippen LogP contribution in [0.25, 0.3) is 22.2 Å². The summed E-state index contributed by atoms with van der Waals surface area (Å²) in [5.74, 6) is 1.24. The molecule has 0 saturated carbocycles. The number of benzene rings is 2. The Morgan fingerprint density at radius 1 is 1.16 bits per heavy atom. The number of likely N-dealkylation sites (N-methyl/N-ethyl adjacent to an activating group) is 1. The van der Waals surface area contributed by atoms with Crippen LogP contribution in [0.15, 0.2) is 36.4 Å². The summed E-state index contributed by atoms with van der Waals surface area (Å²) in [6.07, 6.45) is 1.16. The number of ether oxygens (including phenoxy) is 1. The van der Waals surface area contributed by atoms with Gasteiger partial charge in [0.1, 0.15) is 11.6 Å². The van der Waals surface area contributed by atoms with Gasteiger partial charge in [0, 0.05) is 35.5 Å². The number of rotatable bonds is 2. The lowest BCUT2D eigenvalue weighted by molar-refractivity contribution is 0.411. The summed E-state index contributed by atoms with van der Waals surface area (Å²) in [7, 11) is 3.90. The molecule has 0 radical (unpaired) electrons. The number of fused-ring (bicyclic) bond motifs is 5. The van der Waals surface area contributed by atoms with Gasteiger partial charge in [-0.15, -0.1) is 0 Å². The smallest absolute Gasteiger partial charge is 0.123 e. The van der Waals surface area contributed by atoms with E-state index in [1.165, 1.54) is 27.7 Å². The Labute approximate surface area is 146 Å². The van der Waals surface area contributed by atoms with Crippen molar-refractivity contribution < 1.29 is 9.13 Å². The highest BCUT2D eigenvalue weighted by Crippen LogP contribution is 2.46. The number of likely N-dealkylation sites (tertiary alicyclic amines) is 1. The molecule has 3 heterocycles. The molecular weight excluding hydrogens is 315 g/mol. The molecule has 1 unspecified atom stereocenters. The van der Waals surface area contributed by atoms with Gasteiger partial charge in [0.05, 0.1) is 12.8 Å². The van der Waals surface area contributed by atoms with Crippen LogP contribution >= 0.6 is 0 Å². The van der Waals surface area contributed by atoms with Gasteiger partial charge in [-0.1, -0.05) is 0 Å². The molecule has 25 heavy (non-hydrogen) atoms. The standard InChI is InChI=1S/C21H21FN2O/c1-23-8-7-13(11-23)20-18-10-16(25-2)4-6-19(18)24-12-14-9-15(22)3-5-17(14)21(20)24/h3-6,9-10,13H,7-8,11-12H2,1-2H3. The lowest BCUT2D eigenvalue weighted by atomic mass is 9.92. The number of halogens is 1. The maximum absolute atomic E-state index is 13.7. The molecule has 0 aliphatic carbocycles. The molecule has 1 atom stereocenters. The minimum absolute atomic E-state index is 0.155. The molecule has 2 aromatic carbocycles. The Morgan fingerprint density at radius 2 is 2.04 bits per heavy atom. The third-order valence-electron chi connectivity index (χ3n) is 5.76. The molecule has 5 rings (SSSR count). The van der Waals surface area contributed by atoms with Crippen molar-refractivity contribution in [3.05, 3.63) is 53.3 Å². The normalized spacial score (nSPS) is 19.4. The van der Waals surface area contributed by atoms with Crippen molar-refractivity contribution in [2.45, 2.75) is 18.9 Å². The summed E-state index contributed by atoms with van der Waals surface area (Å²) in [6, 6.07) is 11.5. The summed E-state index contributed by atoms with van der Waals surface area (Å²) in [5.41, 5.74) is 6.17. The molecule has 4 heteroatoms. The van der Waals surface area contributed by atoms with Crippen LogP contribution in [-0.2, 0) is 6.54 Å². The molecule has 0 bridgehead atoms. The van der Waals surface area contributed by atoms with Gasteiger partial charge in [-0.3, -0.25) is 0 Å². The van der Waals surface area contributed by atoms with Crippen molar-refractivity contribution >= 4 is 10.9 Å². The lowest BCUT2D eigenvalue weighted by Gasteiger charge is -2.13. The zero-order valence-electron chi connectivity index (χ0n) is 14.6. The molecule has 0 N–H and O–H groups in total. The van der Waals surface area contributed by atoms with Crippen molar-refractivity contribution in [3.63, 3.8) is 0 Å². The van der Waals surface area contributed by atoms with Crippen LogP contribution in [0.3, 0.4) is 0 Å². The Balaban J connectivity index is 1.80. The number of hydrogen-bond acceptors (Lipinski definition) is 2. The van der Waals surface area contributed by atoms with E-state index in [4.69, 9.17) is 4.74 Å². The van der Waals surface area contributed by atoms with Crippen LogP contribution < -0.4 is 4.74 Å². The average Bonchev–Trinajstić information content (AvgIpc) is 3.26. The molecule has 128 valence electrons. The largest absolute Gasteiger partial charge is 0.497 e. The maximum Gasteiger partial charge on any atom is 0.123 e. The summed E-state index contributed by atoms with van der Waals surface area (Å²) < 4.78 is 21.6. The molecule has 2 aliphatic rings. The third kappa shape index (κ3) is 2.13. The highest BCUT2D eigenvalue weighted by atomic mass is 19.1. The topological polar surface area (TPSA) is 17.4 Å². The Bertz CT molecular complexity index is 991. The van der Waals surface area contributed by atoms with Gasteiger partial charge < -0.3 is 14.2 Å². The lowest BCUT2D eigenvalue weighted by Crippen LogP contribution is -2.13. The summed E-state index contributed by atoms with van der Waals surface area (Å²) in [6.45, 7) is 2.94. The molecule has 3 nitrogen and oxygen atoms in total. The van der Waals surface area contributed by atoms with E-state index in [0.717, 1.165) is 37.4 Å². The van der Waals surface area contributed by atoms with E-state index in [9.17, 15) is 4.39 Å². The first kappa shape index (κ1) is 15.0. The average molecular weight is 336 g/mol. The van der Waals surface area contributed by atoms with Gasteiger partial charge in [0.2, 0.25) is 0 Å². The minimum atomic E-state index is -0.155. The van der Waals surface area contributed by atoms with Gasteiger partial charge in [-0.05, 0) is 67.5 Å². The number of hydrogen-bond donors (Lipinski definition) is 0. The van der Waals surface area contributed by atoms with E-state index >= 15 is 0 Å². The van der Waals surface area contributed by atoms with Crippen molar-refractivity contribution in [1.29, 1.82) is 0 Å². The molecule has 1 saturated heterocycles. The zero-order chi connectivity index (χ0) is 17.1. The zero-order valence-corrected chi connectivity index (χ0v) is 14.6. The van der Waals surface area contributed by atoms with E-state index < -0.39 is 0 Å². The van der Waals surface area contributed by atoms with Crippen LogP contribution in [0.5, 0.6) is 5.75 Å². The minimum Gasteiger partial charge on any atom is -0.497 e. The second kappa shape index (κ2) is 5.33. The van der Waals surface area contributed by atoms with Crippen molar-refractivity contribution in [2.75, 3.05) is 27.2 Å². The fourth-order valence-electron chi connectivity index (χ4n) is 4.62. The summed E-state index contributed by atoms with van der Waals surface area (Å²) >= 11 is 0. The molecule has 1 aromatic heterocycles. The second-order valence-corrected chi connectivity index (χ2v) is 7.28. The van der Waals surface area contributed by atoms with E-state index in [1.807, 2.05) is 12.1 Å². The van der Waals surface area contributed by atoms with Crippen LogP contribution in [0, 0.1) is 5.82 Å². The molecule has 3 aromatic rings. The summed E-state index contributed by atoms with van der Waals surface area (Å²) in [4.78, 5) is 2.39. The first-order chi connectivity index (χ1) is 12.2. The Hall–Kier alpha value is -2.33. The third-order valence-corrected chi connectivity index (χ3v) is 5.76. The summed E-state index contributed by atoms with van der Waals surface area (Å²) in [5, 5.41) is 1.28.